The molecule has 0 amide bonds. The number of nitrogens with zero attached hydrogens (tertiary/aromatic N) is 2. The highest BCUT2D eigenvalue weighted by atomic mass is 35.5. The van der Waals surface area contributed by atoms with E-state index in [2.05, 4.69) is 6.92 Å². The van der Waals surface area contributed by atoms with Gasteiger partial charge in [0.1, 0.15) is 5.75 Å². The van der Waals surface area contributed by atoms with Crippen molar-refractivity contribution in [1.29, 1.82) is 0 Å². The highest BCUT2D eigenvalue weighted by Gasteiger charge is 2.18. The predicted octanol–water partition coefficient (Wildman–Crippen LogP) is 7.39. The highest BCUT2D eigenvalue weighted by Crippen LogP contribution is 2.35. The minimum absolute atomic E-state index is 0.168. The number of hydrogen-bond donors (Lipinski definition) is 1. The van der Waals surface area contributed by atoms with Gasteiger partial charge < -0.3 is 9.84 Å². The van der Waals surface area contributed by atoms with Crippen LogP contribution in [0.1, 0.15) is 30.1 Å². The molecule has 1 aromatic heterocycles. The Labute approximate surface area is 202 Å². The van der Waals surface area contributed by atoms with Gasteiger partial charge in [0, 0.05) is 21.2 Å². The third kappa shape index (κ3) is 5.21. The molecule has 0 saturated heterocycles. The van der Waals surface area contributed by atoms with Gasteiger partial charge >= 0.3 is 5.97 Å². The van der Waals surface area contributed by atoms with Crippen LogP contribution in [0.3, 0.4) is 0 Å². The van der Waals surface area contributed by atoms with Crippen LogP contribution in [0.2, 0.25) is 10.0 Å². The van der Waals surface area contributed by atoms with Crippen molar-refractivity contribution in [3.8, 4) is 34.0 Å². The molecule has 4 aromatic rings. The van der Waals surface area contributed by atoms with Crippen LogP contribution in [0.15, 0.2) is 72.8 Å². The van der Waals surface area contributed by atoms with Crippen LogP contribution in [-0.4, -0.2) is 27.5 Å². The lowest BCUT2D eigenvalue weighted by atomic mass is 10.1. The fraction of sp³-hybridized carbons (Fsp3) is 0.154. The van der Waals surface area contributed by atoms with Crippen molar-refractivity contribution in [3.63, 3.8) is 0 Å². The SMILES string of the molecule is CCCCOc1ccc(C(=O)O)cc1-c1cc(-c2ccc(Cl)cc2)n(-c2ccc(Cl)cc2)n1. The second-order valence-electron chi connectivity index (χ2n) is 7.53. The summed E-state index contributed by atoms with van der Waals surface area (Å²) in [6.07, 6.45) is 1.89. The molecule has 0 aliphatic carbocycles. The zero-order valence-electron chi connectivity index (χ0n) is 18.0. The Bertz CT molecular complexity index is 1200. The van der Waals surface area contributed by atoms with Crippen LogP contribution in [0.4, 0.5) is 0 Å². The number of carbonyl (C=O) groups is 1. The summed E-state index contributed by atoms with van der Waals surface area (Å²) in [5.74, 6) is -0.414. The Morgan fingerprint density at radius 1 is 0.970 bits per heavy atom. The van der Waals surface area contributed by atoms with E-state index < -0.39 is 5.97 Å². The van der Waals surface area contributed by atoms with E-state index in [4.69, 9.17) is 33.0 Å². The summed E-state index contributed by atoms with van der Waals surface area (Å²) in [6.45, 7) is 2.63. The zero-order valence-corrected chi connectivity index (χ0v) is 19.5. The summed E-state index contributed by atoms with van der Waals surface area (Å²) in [4.78, 5) is 11.6. The molecule has 7 heteroatoms. The first-order chi connectivity index (χ1) is 16.0. The molecule has 1 heterocycles. The fourth-order valence-corrected chi connectivity index (χ4v) is 3.69. The summed E-state index contributed by atoms with van der Waals surface area (Å²) in [5, 5.41) is 15.6. The third-order valence-corrected chi connectivity index (χ3v) is 5.68. The Morgan fingerprint density at radius 2 is 1.64 bits per heavy atom. The van der Waals surface area contributed by atoms with Crippen LogP contribution in [0, 0.1) is 0 Å². The van der Waals surface area contributed by atoms with E-state index in [9.17, 15) is 9.90 Å². The standard InChI is InChI=1S/C26H22Cl2N2O3/c1-2-3-14-33-25-13-6-18(26(31)32)15-22(25)23-16-24(17-4-7-19(27)8-5-17)30(29-23)21-11-9-20(28)10-12-21/h4-13,15-16H,2-3,14H2,1H3,(H,31,32). The lowest BCUT2D eigenvalue weighted by molar-refractivity contribution is 0.0697. The van der Waals surface area contributed by atoms with Gasteiger partial charge in [-0.25, -0.2) is 9.48 Å². The Balaban J connectivity index is 1.88. The van der Waals surface area contributed by atoms with E-state index in [1.54, 1.807) is 35.0 Å². The summed E-state index contributed by atoms with van der Waals surface area (Å²) in [6, 6.07) is 21.6. The average molecular weight is 481 g/mol. The maximum Gasteiger partial charge on any atom is 0.335 e. The second kappa shape index (κ2) is 10.1. The number of rotatable bonds is 8. The van der Waals surface area contributed by atoms with Crippen LogP contribution in [-0.2, 0) is 0 Å². The fourth-order valence-electron chi connectivity index (χ4n) is 3.43. The number of unbranched alkanes of at least 4 members (excludes halogenated alkanes) is 1. The number of ether oxygens (including phenoxy) is 1. The van der Waals surface area contributed by atoms with E-state index in [0.717, 1.165) is 29.8 Å². The van der Waals surface area contributed by atoms with Gasteiger partial charge in [-0.15, -0.1) is 0 Å². The summed E-state index contributed by atoms with van der Waals surface area (Å²) >= 11 is 12.2. The monoisotopic (exact) mass is 480 g/mol. The largest absolute Gasteiger partial charge is 0.493 e. The Hall–Kier alpha value is -3.28. The number of hydrogen-bond acceptors (Lipinski definition) is 3. The average Bonchev–Trinajstić information content (AvgIpc) is 3.25. The number of benzene rings is 3. The number of carboxylic acid groups (broad SMARTS) is 1. The highest BCUT2D eigenvalue weighted by molar-refractivity contribution is 6.30. The molecule has 4 rings (SSSR count). The minimum Gasteiger partial charge on any atom is -0.493 e. The van der Waals surface area contributed by atoms with Gasteiger partial charge in [-0.05, 0) is 67.1 Å². The van der Waals surface area contributed by atoms with Crippen LogP contribution >= 0.6 is 23.2 Å². The van der Waals surface area contributed by atoms with Crippen molar-refractivity contribution in [2.45, 2.75) is 19.8 Å². The molecule has 0 saturated carbocycles. The van der Waals surface area contributed by atoms with Crippen molar-refractivity contribution in [3.05, 3.63) is 88.4 Å². The quantitative estimate of drug-likeness (QED) is 0.267. The third-order valence-electron chi connectivity index (χ3n) is 5.18. The van der Waals surface area contributed by atoms with Crippen molar-refractivity contribution >= 4 is 29.2 Å². The smallest absolute Gasteiger partial charge is 0.335 e. The van der Waals surface area contributed by atoms with Gasteiger partial charge in [-0.2, -0.15) is 5.10 Å². The first kappa shape index (κ1) is 22.9. The second-order valence-corrected chi connectivity index (χ2v) is 8.40. The maximum absolute atomic E-state index is 11.6. The van der Waals surface area contributed by atoms with Crippen molar-refractivity contribution in [2.24, 2.45) is 0 Å². The Kier molecular flexibility index (Phi) is 7.02. The number of carboxylic acids is 1. The molecule has 0 radical (unpaired) electrons. The van der Waals surface area contributed by atoms with E-state index in [-0.39, 0.29) is 5.56 Å². The normalized spacial score (nSPS) is 10.9. The van der Waals surface area contributed by atoms with Gasteiger partial charge in [0.15, 0.2) is 0 Å². The minimum atomic E-state index is -1.01. The van der Waals surface area contributed by atoms with E-state index in [1.807, 2.05) is 42.5 Å². The molecule has 0 aliphatic heterocycles. The van der Waals surface area contributed by atoms with Gasteiger partial charge in [0.05, 0.1) is 29.2 Å². The molecule has 0 fully saturated rings. The number of halogens is 2. The molecule has 33 heavy (non-hydrogen) atoms. The molecular weight excluding hydrogens is 459 g/mol. The summed E-state index contributed by atoms with van der Waals surface area (Å²) in [7, 11) is 0. The number of aromatic nitrogens is 2. The molecule has 5 nitrogen and oxygen atoms in total. The lowest BCUT2D eigenvalue weighted by Crippen LogP contribution is -2.02. The molecule has 3 aromatic carbocycles. The van der Waals surface area contributed by atoms with E-state index in [1.165, 1.54) is 0 Å². The first-order valence-corrected chi connectivity index (χ1v) is 11.3. The first-order valence-electron chi connectivity index (χ1n) is 10.6. The predicted molar refractivity (Wildman–Crippen MR) is 132 cm³/mol. The van der Waals surface area contributed by atoms with Gasteiger partial charge in [-0.3, -0.25) is 0 Å². The molecule has 1 N–H and O–H groups in total. The Morgan fingerprint density at radius 3 is 2.27 bits per heavy atom. The zero-order chi connectivity index (χ0) is 23.4. The van der Waals surface area contributed by atoms with Gasteiger partial charge in [0.25, 0.3) is 0 Å². The van der Waals surface area contributed by atoms with E-state index in [0.29, 0.717) is 33.7 Å². The molecule has 0 atom stereocenters. The van der Waals surface area contributed by atoms with Crippen molar-refractivity contribution < 1.29 is 14.6 Å². The van der Waals surface area contributed by atoms with E-state index >= 15 is 0 Å². The molecule has 0 unspecified atom stereocenters. The van der Waals surface area contributed by atoms with Gasteiger partial charge in [-0.1, -0.05) is 48.7 Å². The van der Waals surface area contributed by atoms with Gasteiger partial charge in [0.2, 0.25) is 0 Å². The maximum atomic E-state index is 11.6. The van der Waals surface area contributed by atoms with Crippen LogP contribution in [0.25, 0.3) is 28.2 Å². The molecule has 0 aliphatic rings. The molecule has 0 spiro atoms. The summed E-state index contributed by atoms with van der Waals surface area (Å²) < 4.78 is 7.79. The number of aromatic carboxylic acids is 1. The van der Waals surface area contributed by atoms with Crippen LogP contribution in [0.5, 0.6) is 5.75 Å². The van der Waals surface area contributed by atoms with Crippen molar-refractivity contribution in [2.75, 3.05) is 6.61 Å². The molecular formula is C26H22Cl2N2O3. The lowest BCUT2D eigenvalue weighted by Gasteiger charge is -2.11. The van der Waals surface area contributed by atoms with Crippen LogP contribution < -0.4 is 4.74 Å². The summed E-state index contributed by atoms with van der Waals surface area (Å²) in [5.41, 5.74) is 3.94. The molecule has 0 bridgehead atoms. The topological polar surface area (TPSA) is 64.3 Å². The van der Waals surface area contributed by atoms with Crippen molar-refractivity contribution in [1.82, 2.24) is 9.78 Å². The molecule has 168 valence electrons.